The van der Waals surface area contributed by atoms with Crippen LogP contribution in [0, 0.1) is 0 Å². The fourth-order valence-corrected chi connectivity index (χ4v) is 3.95. The van der Waals surface area contributed by atoms with E-state index >= 15 is 0 Å². The Morgan fingerprint density at radius 3 is 2.74 bits per heavy atom. The van der Waals surface area contributed by atoms with Crippen LogP contribution in [0.25, 0.3) is 16.6 Å². The summed E-state index contributed by atoms with van der Waals surface area (Å²) in [6.45, 7) is 2.86. The SMILES string of the molecule is Cn1c2c(c3ccc(-n4ccccc4=O)cc31)CN(CCC(C)(F)F)CC2. The Bertz CT molecular complexity index is 1050. The van der Waals surface area contributed by atoms with Crippen molar-refractivity contribution in [2.24, 2.45) is 7.05 Å². The smallest absolute Gasteiger partial charge is 0.255 e. The van der Waals surface area contributed by atoms with Crippen LogP contribution in [-0.4, -0.2) is 33.0 Å². The molecule has 2 aromatic heterocycles. The number of halogens is 2. The summed E-state index contributed by atoms with van der Waals surface area (Å²) in [4.78, 5) is 14.2. The van der Waals surface area contributed by atoms with E-state index in [9.17, 15) is 13.6 Å². The van der Waals surface area contributed by atoms with Gasteiger partial charge in [0.05, 0.1) is 11.2 Å². The topological polar surface area (TPSA) is 30.2 Å². The molecule has 0 N–H and O–H groups in total. The number of aryl methyl sites for hydroxylation is 1. The van der Waals surface area contributed by atoms with Gasteiger partial charge in [-0.05, 0) is 30.7 Å². The number of rotatable bonds is 4. The fraction of sp³-hybridized carbons (Fsp3) is 0.381. The molecular formula is C21H23F2N3O. The van der Waals surface area contributed by atoms with Crippen LogP contribution in [0.4, 0.5) is 8.78 Å². The van der Waals surface area contributed by atoms with Crippen LogP contribution in [0.1, 0.15) is 24.6 Å². The maximum atomic E-state index is 13.2. The van der Waals surface area contributed by atoms with E-state index in [1.54, 1.807) is 22.9 Å². The molecule has 1 aliphatic rings. The molecule has 0 radical (unpaired) electrons. The average Bonchev–Trinajstić information content (AvgIpc) is 2.91. The summed E-state index contributed by atoms with van der Waals surface area (Å²) in [6, 6.07) is 11.1. The fourth-order valence-electron chi connectivity index (χ4n) is 3.95. The van der Waals surface area contributed by atoms with Gasteiger partial charge in [0, 0.05) is 62.9 Å². The second-order valence-electron chi connectivity index (χ2n) is 7.44. The average molecular weight is 371 g/mol. The molecule has 0 spiro atoms. The van der Waals surface area contributed by atoms with Gasteiger partial charge in [-0.1, -0.05) is 12.1 Å². The summed E-state index contributed by atoms with van der Waals surface area (Å²) < 4.78 is 30.2. The number of hydrogen-bond donors (Lipinski definition) is 0. The molecule has 0 fully saturated rings. The largest absolute Gasteiger partial charge is 0.347 e. The molecule has 0 unspecified atom stereocenters. The Morgan fingerprint density at radius 1 is 1.19 bits per heavy atom. The molecule has 3 heterocycles. The highest BCUT2D eigenvalue weighted by Gasteiger charge is 2.26. The van der Waals surface area contributed by atoms with Crippen LogP contribution in [0.15, 0.2) is 47.4 Å². The van der Waals surface area contributed by atoms with E-state index in [2.05, 4.69) is 9.47 Å². The number of alkyl halides is 2. The first kappa shape index (κ1) is 17.9. The lowest BCUT2D eigenvalue weighted by molar-refractivity contribution is 0.00199. The van der Waals surface area contributed by atoms with Crippen molar-refractivity contribution < 1.29 is 8.78 Å². The summed E-state index contributed by atoms with van der Waals surface area (Å²) in [6.07, 6.45) is 2.49. The van der Waals surface area contributed by atoms with E-state index in [4.69, 9.17) is 0 Å². The minimum absolute atomic E-state index is 0.0671. The van der Waals surface area contributed by atoms with Gasteiger partial charge in [-0.25, -0.2) is 8.78 Å². The predicted octanol–water partition coefficient (Wildman–Crippen LogP) is 3.73. The maximum Gasteiger partial charge on any atom is 0.255 e. The molecular weight excluding hydrogens is 348 g/mol. The van der Waals surface area contributed by atoms with Crippen LogP contribution in [0.3, 0.4) is 0 Å². The molecule has 142 valence electrons. The van der Waals surface area contributed by atoms with Crippen molar-refractivity contribution >= 4 is 10.9 Å². The first-order valence-electron chi connectivity index (χ1n) is 9.22. The highest BCUT2D eigenvalue weighted by Crippen LogP contribution is 2.32. The van der Waals surface area contributed by atoms with E-state index in [0.29, 0.717) is 13.1 Å². The minimum Gasteiger partial charge on any atom is -0.347 e. The van der Waals surface area contributed by atoms with E-state index in [0.717, 1.165) is 36.5 Å². The van der Waals surface area contributed by atoms with E-state index in [1.807, 2.05) is 31.3 Å². The molecule has 3 aromatic rings. The molecule has 0 saturated carbocycles. The molecule has 0 bridgehead atoms. The second kappa shape index (κ2) is 6.60. The normalized spacial score (nSPS) is 15.3. The maximum absolute atomic E-state index is 13.2. The van der Waals surface area contributed by atoms with Crippen molar-refractivity contribution in [3.8, 4) is 5.69 Å². The third-order valence-corrected chi connectivity index (χ3v) is 5.44. The number of pyridine rings is 1. The lowest BCUT2D eigenvalue weighted by Crippen LogP contribution is -2.33. The van der Waals surface area contributed by atoms with Gasteiger partial charge in [0.2, 0.25) is 5.92 Å². The van der Waals surface area contributed by atoms with Gasteiger partial charge in [-0.2, -0.15) is 0 Å². The van der Waals surface area contributed by atoms with Crippen molar-refractivity contribution in [1.82, 2.24) is 14.0 Å². The van der Waals surface area contributed by atoms with Gasteiger partial charge in [-0.15, -0.1) is 0 Å². The van der Waals surface area contributed by atoms with E-state index in [-0.39, 0.29) is 12.0 Å². The molecule has 27 heavy (non-hydrogen) atoms. The lowest BCUT2D eigenvalue weighted by Gasteiger charge is -2.28. The van der Waals surface area contributed by atoms with Crippen molar-refractivity contribution in [3.63, 3.8) is 0 Å². The van der Waals surface area contributed by atoms with Gasteiger partial charge in [0.15, 0.2) is 0 Å². The quantitative estimate of drug-likeness (QED) is 0.700. The zero-order valence-electron chi connectivity index (χ0n) is 15.6. The van der Waals surface area contributed by atoms with Gasteiger partial charge in [-0.3, -0.25) is 14.3 Å². The first-order valence-corrected chi connectivity index (χ1v) is 9.22. The molecule has 1 aromatic carbocycles. The van der Waals surface area contributed by atoms with Crippen molar-refractivity contribution in [2.45, 2.75) is 32.2 Å². The molecule has 4 rings (SSSR count). The molecule has 0 atom stereocenters. The van der Waals surface area contributed by atoms with Crippen LogP contribution in [-0.2, 0) is 20.0 Å². The zero-order valence-corrected chi connectivity index (χ0v) is 15.6. The molecule has 0 saturated heterocycles. The summed E-state index contributed by atoms with van der Waals surface area (Å²) in [5, 5.41) is 1.13. The minimum atomic E-state index is -2.63. The Labute approximate surface area is 156 Å². The third-order valence-electron chi connectivity index (χ3n) is 5.44. The van der Waals surface area contributed by atoms with Crippen LogP contribution in [0.2, 0.25) is 0 Å². The molecule has 0 amide bonds. The Kier molecular flexibility index (Phi) is 4.38. The number of benzene rings is 1. The first-order chi connectivity index (χ1) is 12.8. The summed E-state index contributed by atoms with van der Waals surface area (Å²) in [7, 11) is 2.04. The highest BCUT2D eigenvalue weighted by atomic mass is 19.3. The van der Waals surface area contributed by atoms with Crippen molar-refractivity contribution in [3.05, 3.63) is 64.2 Å². The van der Waals surface area contributed by atoms with Crippen LogP contribution < -0.4 is 5.56 Å². The lowest BCUT2D eigenvalue weighted by atomic mass is 10.0. The Balaban J connectivity index is 1.70. The van der Waals surface area contributed by atoms with Crippen molar-refractivity contribution in [1.29, 1.82) is 0 Å². The predicted molar refractivity (Wildman–Crippen MR) is 103 cm³/mol. The number of nitrogens with zero attached hydrogens (tertiary/aromatic N) is 3. The molecule has 4 nitrogen and oxygen atoms in total. The van der Waals surface area contributed by atoms with E-state index in [1.165, 1.54) is 11.3 Å². The number of hydrogen-bond acceptors (Lipinski definition) is 2. The van der Waals surface area contributed by atoms with Crippen LogP contribution >= 0.6 is 0 Å². The van der Waals surface area contributed by atoms with Gasteiger partial charge in [0.1, 0.15) is 0 Å². The van der Waals surface area contributed by atoms with Crippen molar-refractivity contribution in [2.75, 3.05) is 13.1 Å². The monoisotopic (exact) mass is 371 g/mol. The standard InChI is InChI=1S/C21H23F2N3O/c1-21(22,23)9-12-25-11-8-18-17(14-25)16-7-6-15(13-19(16)24(18)2)26-10-4-3-5-20(26)27/h3-7,10,13H,8-9,11-12,14H2,1-2H3. The van der Waals surface area contributed by atoms with Gasteiger partial charge < -0.3 is 4.57 Å². The Hall–Kier alpha value is -2.47. The summed E-state index contributed by atoms with van der Waals surface area (Å²) >= 11 is 0. The molecule has 1 aliphatic heterocycles. The molecule has 0 aliphatic carbocycles. The van der Waals surface area contributed by atoms with E-state index < -0.39 is 5.92 Å². The third kappa shape index (κ3) is 3.41. The zero-order chi connectivity index (χ0) is 19.2. The highest BCUT2D eigenvalue weighted by molar-refractivity contribution is 5.87. The second-order valence-corrected chi connectivity index (χ2v) is 7.44. The summed E-state index contributed by atoms with van der Waals surface area (Å²) in [5.41, 5.74) is 4.29. The number of fused-ring (bicyclic) bond motifs is 3. The van der Waals surface area contributed by atoms with Crippen LogP contribution in [0.5, 0.6) is 0 Å². The van der Waals surface area contributed by atoms with Gasteiger partial charge in [0.25, 0.3) is 5.56 Å². The van der Waals surface area contributed by atoms with Gasteiger partial charge >= 0.3 is 0 Å². The molecule has 6 heteroatoms. The summed E-state index contributed by atoms with van der Waals surface area (Å²) in [5.74, 6) is -2.63. The Morgan fingerprint density at radius 2 is 2.00 bits per heavy atom. The number of aromatic nitrogens is 2.